The number of hydrogen-bond donors (Lipinski definition) is 3. The van der Waals surface area contributed by atoms with Crippen molar-refractivity contribution in [3.8, 4) is 5.75 Å². The van der Waals surface area contributed by atoms with Crippen LogP contribution >= 0.6 is 0 Å². The van der Waals surface area contributed by atoms with E-state index < -0.39 is 12.5 Å². The second-order valence-electron chi connectivity index (χ2n) is 4.61. The third kappa shape index (κ3) is 5.42. The SMILES string of the molecule is O=C(CCc1ccc(OC(F)F)cc1)NNC(=O)c1ccc[nH]1. The number of aromatic nitrogens is 1. The number of carbonyl (C=O) groups is 2. The number of ether oxygens (including phenoxy) is 1. The van der Waals surface area contributed by atoms with Crippen LogP contribution in [0.3, 0.4) is 0 Å². The summed E-state index contributed by atoms with van der Waals surface area (Å²) in [6.07, 6.45) is 2.14. The van der Waals surface area contributed by atoms with E-state index in [0.717, 1.165) is 5.56 Å². The van der Waals surface area contributed by atoms with E-state index in [1.807, 2.05) is 0 Å². The van der Waals surface area contributed by atoms with Crippen LogP contribution in [-0.4, -0.2) is 23.4 Å². The number of amides is 2. The van der Waals surface area contributed by atoms with Crippen LogP contribution in [-0.2, 0) is 11.2 Å². The topological polar surface area (TPSA) is 83.2 Å². The molecule has 122 valence electrons. The third-order valence-corrected chi connectivity index (χ3v) is 2.95. The lowest BCUT2D eigenvalue weighted by molar-refractivity contribution is -0.121. The Morgan fingerprint density at radius 1 is 1.13 bits per heavy atom. The Bertz CT molecular complexity index is 642. The van der Waals surface area contributed by atoms with E-state index in [1.54, 1.807) is 30.5 Å². The molecule has 2 aromatic rings. The monoisotopic (exact) mass is 323 g/mol. The summed E-state index contributed by atoms with van der Waals surface area (Å²) in [6, 6.07) is 9.26. The molecule has 0 aliphatic carbocycles. The zero-order chi connectivity index (χ0) is 16.7. The van der Waals surface area contributed by atoms with Crippen molar-refractivity contribution in [1.82, 2.24) is 15.8 Å². The molecule has 2 amide bonds. The molecule has 0 aliphatic heterocycles. The first-order valence-electron chi connectivity index (χ1n) is 6.81. The van der Waals surface area contributed by atoms with E-state index in [0.29, 0.717) is 12.1 Å². The molecule has 0 saturated heterocycles. The van der Waals surface area contributed by atoms with Crippen LogP contribution in [0.1, 0.15) is 22.5 Å². The Morgan fingerprint density at radius 3 is 2.48 bits per heavy atom. The second-order valence-corrected chi connectivity index (χ2v) is 4.61. The molecular weight excluding hydrogens is 308 g/mol. The first-order valence-corrected chi connectivity index (χ1v) is 6.81. The molecule has 3 N–H and O–H groups in total. The lowest BCUT2D eigenvalue weighted by atomic mass is 10.1. The van der Waals surface area contributed by atoms with E-state index >= 15 is 0 Å². The summed E-state index contributed by atoms with van der Waals surface area (Å²) < 4.78 is 28.3. The van der Waals surface area contributed by atoms with Gasteiger partial charge in [0.05, 0.1) is 0 Å². The number of alkyl halides is 2. The maximum Gasteiger partial charge on any atom is 0.387 e. The maximum atomic E-state index is 12.0. The molecule has 0 atom stereocenters. The van der Waals surface area contributed by atoms with E-state index in [1.165, 1.54) is 12.1 Å². The minimum absolute atomic E-state index is 0.0615. The molecule has 2 rings (SSSR count). The zero-order valence-electron chi connectivity index (χ0n) is 12.0. The zero-order valence-corrected chi connectivity index (χ0v) is 12.0. The van der Waals surface area contributed by atoms with Crippen molar-refractivity contribution < 1.29 is 23.1 Å². The number of halogens is 2. The molecule has 6 nitrogen and oxygen atoms in total. The van der Waals surface area contributed by atoms with Gasteiger partial charge in [0.25, 0.3) is 5.91 Å². The largest absolute Gasteiger partial charge is 0.435 e. The van der Waals surface area contributed by atoms with Gasteiger partial charge < -0.3 is 9.72 Å². The molecule has 23 heavy (non-hydrogen) atoms. The maximum absolute atomic E-state index is 12.0. The molecule has 0 spiro atoms. The minimum atomic E-state index is -2.87. The summed E-state index contributed by atoms with van der Waals surface area (Å²) in [6.45, 7) is -2.87. The van der Waals surface area contributed by atoms with Crippen LogP contribution in [0.25, 0.3) is 0 Å². The Balaban J connectivity index is 1.72. The molecule has 0 aliphatic rings. The van der Waals surface area contributed by atoms with Gasteiger partial charge in [0.2, 0.25) is 5.91 Å². The molecule has 0 unspecified atom stereocenters. The Hall–Kier alpha value is -2.90. The van der Waals surface area contributed by atoms with Crippen LogP contribution in [0.15, 0.2) is 42.6 Å². The molecule has 1 aromatic heterocycles. The van der Waals surface area contributed by atoms with Gasteiger partial charge in [-0.3, -0.25) is 20.4 Å². The van der Waals surface area contributed by atoms with Gasteiger partial charge in [-0.2, -0.15) is 8.78 Å². The lowest BCUT2D eigenvalue weighted by Crippen LogP contribution is -2.41. The number of nitrogens with one attached hydrogen (secondary N) is 3. The summed E-state index contributed by atoms with van der Waals surface area (Å²) >= 11 is 0. The molecule has 0 radical (unpaired) electrons. The van der Waals surface area contributed by atoms with Gasteiger partial charge in [0, 0.05) is 12.6 Å². The predicted molar refractivity (Wildman–Crippen MR) is 77.8 cm³/mol. The molecule has 0 fully saturated rings. The Labute approximate surface area is 130 Å². The fourth-order valence-corrected chi connectivity index (χ4v) is 1.82. The average molecular weight is 323 g/mol. The fourth-order valence-electron chi connectivity index (χ4n) is 1.82. The first-order chi connectivity index (χ1) is 11.0. The van der Waals surface area contributed by atoms with Crippen LogP contribution in [0.2, 0.25) is 0 Å². The third-order valence-electron chi connectivity index (χ3n) is 2.95. The van der Waals surface area contributed by atoms with Crippen LogP contribution in [0.4, 0.5) is 8.78 Å². The lowest BCUT2D eigenvalue weighted by Gasteiger charge is -2.07. The number of hydrogen-bond acceptors (Lipinski definition) is 3. The van der Waals surface area contributed by atoms with Crippen molar-refractivity contribution in [2.24, 2.45) is 0 Å². The van der Waals surface area contributed by atoms with Gasteiger partial charge in [-0.25, -0.2) is 0 Å². The van der Waals surface area contributed by atoms with Crippen LogP contribution in [0, 0.1) is 0 Å². The number of aromatic amines is 1. The second kappa shape index (κ2) is 7.92. The van der Waals surface area contributed by atoms with Crippen molar-refractivity contribution in [2.45, 2.75) is 19.5 Å². The predicted octanol–water partition coefficient (Wildman–Crippen LogP) is 2.01. The Kier molecular flexibility index (Phi) is 5.67. The first kappa shape index (κ1) is 16.5. The number of hydrazine groups is 1. The molecule has 1 aromatic carbocycles. The van der Waals surface area contributed by atoms with E-state index in [9.17, 15) is 18.4 Å². The quantitative estimate of drug-likeness (QED) is 0.711. The molecular formula is C15H15F2N3O3. The van der Waals surface area contributed by atoms with Crippen molar-refractivity contribution in [1.29, 1.82) is 0 Å². The number of carbonyl (C=O) groups excluding carboxylic acids is 2. The highest BCUT2D eigenvalue weighted by Crippen LogP contribution is 2.15. The summed E-state index contributed by atoms with van der Waals surface area (Å²) in [7, 11) is 0. The highest BCUT2D eigenvalue weighted by atomic mass is 19.3. The van der Waals surface area contributed by atoms with Crippen molar-refractivity contribution >= 4 is 11.8 Å². The van der Waals surface area contributed by atoms with Gasteiger partial charge >= 0.3 is 6.61 Å². The highest BCUT2D eigenvalue weighted by Gasteiger charge is 2.08. The number of benzene rings is 1. The molecule has 0 bridgehead atoms. The number of rotatable bonds is 6. The highest BCUT2D eigenvalue weighted by molar-refractivity contribution is 5.93. The molecule has 8 heteroatoms. The van der Waals surface area contributed by atoms with Crippen molar-refractivity contribution in [2.75, 3.05) is 0 Å². The number of aryl methyl sites for hydroxylation is 1. The summed E-state index contributed by atoms with van der Waals surface area (Å²) in [5.74, 6) is -0.749. The van der Waals surface area contributed by atoms with Gasteiger partial charge in [0.15, 0.2) is 0 Å². The van der Waals surface area contributed by atoms with Crippen molar-refractivity contribution in [3.05, 3.63) is 53.9 Å². The van der Waals surface area contributed by atoms with Gasteiger partial charge in [-0.1, -0.05) is 12.1 Å². The smallest absolute Gasteiger partial charge is 0.387 e. The van der Waals surface area contributed by atoms with Crippen LogP contribution in [0.5, 0.6) is 5.75 Å². The van der Waals surface area contributed by atoms with Crippen LogP contribution < -0.4 is 15.6 Å². The molecule has 0 saturated carbocycles. The minimum Gasteiger partial charge on any atom is -0.435 e. The van der Waals surface area contributed by atoms with Gasteiger partial charge in [-0.15, -0.1) is 0 Å². The number of H-pyrrole nitrogens is 1. The summed E-state index contributed by atoms with van der Waals surface area (Å²) in [5.41, 5.74) is 5.70. The van der Waals surface area contributed by atoms with E-state index in [-0.39, 0.29) is 18.1 Å². The normalized spacial score (nSPS) is 10.4. The molecule has 1 heterocycles. The standard InChI is InChI=1S/C15H15F2N3O3/c16-15(17)23-11-6-3-10(4-7-11)5-8-13(21)19-20-14(22)12-2-1-9-18-12/h1-4,6-7,9,15,18H,5,8H2,(H,19,21)(H,20,22). The van der Waals surface area contributed by atoms with Gasteiger partial charge in [-0.05, 0) is 36.2 Å². The van der Waals surface area contributed by atoms with E-state index in [4.69, 9.17) is 0 Å². The fraction of sp³-hybridized carbons (Fsp3) is 0.200. The van der Waals surface area contributed by atoms with Crippen molar-refractivity contribution in [3.63, 3.8) is 0 Å². The summed E-state index contributed by atoms with van der Waals surface area (Å²) in [5, 5.41) is 0. The van der Waals surface area contributed by atoms with Gasteiger partial charge in [0.1, 0.15) is 11.4 Å². The van der Waals surface area contributed by atoms with E-state index in [2.05, 4.69) is 20.6 Å². The summed E-state index contributed by atoms with van der Waals surface area (Å²) in [4.78, 5) is 25.9. The average Bonchev–Trinajstić information content (AvgIpc) is 3.06. The Morgan fingerprint density at radius 2 is 1.87 bits per heavy atom.